The van der Waals surface area contributed by atoms with Crippen molar-refractivity contribution in [2.75, 3.05) is 27.2 Å². The first-order valence-electron chi connectivity index (χ1n) is 21.2. The first-order chi connectivity index (χ1) is 23.7. The highest BCUT2D eigenvalue weighted by molar-refractivity contribution is 5.70. The van der Waals surface area contributed by atoms with Gasteiger partial charge in [0.2, 0.25) is 0 Å². The summed E-state index contributed by atoms with van der Waals surface area (Å²) in [5.74, 6) is 0. The van der Waals surface area contributed by atoms with E-state index in [1.54, 1.807) is 0 Å². The fraction of sp³-hybridized carbons (Fsp3) is 0.739. The van der Waals surface area contributed by atoms with E-state index < -0.39 is 0 Å². The molecule has 0 aliphatic rings. The SMILES string of the molecule is CCCCCCCCCCCCCCCN(C)Cc1ccccc1-c1ccccc1CN(C)CCCCCCCCCCCCCCC. The van der Waals surface area contributed by atoms with Crippen LogP contribution in [0.25, 0.3) is 11.1 Å². The van der Waals surface area contributed by atoms with Crippen LogP contribution in [0, 0.1) is 0 Å². The third-order valence-electron chi connectivity index (χ3n) is 10.5. The molecule has 0 bridgehead atoms. The lowest BCUT2D eigenvalue weighted by Gasteiger charge is -2.22. The smallest absolute Gasteiger partial charge is 0.0236 e. The molecule has 2 nitrogen and oxygen atoms in total. The molecule has 0 aliphatic heterocycles. The maximum atomic E-state index is 2.54. The summed E-state index contributed by atoms with van der Waals surface area (Å²) in [6.45, 7) is 9.04. The molecule has 0 aliphatic carbocycles. The summed E-state index contributed by atoms with van der Waals surface area (Å²) in [7, 11) is 4.62. The summed E-state index contributed by atoms with van der Waals surface area (Å²) in [6, 6.07) is 18.3. The van der Waals surface area contributed by atoms with Crippen molar-refractivity contribution in [3.8, 4) is 11.1 Å². The predicted molar refractivity (Wildman–Crippen MR) is 216 cm³/mol. The third kappa shape index (κ3) is 21.4. The molecule has 0 N–H and O–H groups in total. The molecule has 2 heteroatoms. The van der Waals surface area contributed by atoms with Crippen molar-refractivity contribution < 1.29 is 0 Å². The Balaban J connectivity index is 1.63. The fourth-order valence-corrected chi connectivity index (χ4v) is 7.38. The van der Waals surface area contributed by atoms with Gasteiger partial charge in [-0.3, -0.25) is 0 Å². The zero-order valence-corrected chi connectivity index (χ0v) is 32.7. The number of rotatable bonds is 33. The maximum absolute atomic E-state index is 2.54. The van der Waals surface area contributed by atoms with Crippen LogP contribution < -0.4 is 0 Å². The van der Waals surface area contributed by atoms with Crippen LogP contribution in [0.4, 0.5) is 0 Å². The normalized spacial score (nSPS) is 11.7. The van der Waals surface area contributed by atoms with Gasteiger partial charge in [-0.2, -0.15) is 0 Å². The minimum atomic E-state index is 1.03. The lowest BCUT2D eigenvalue weighted by molar-refractivity contribution is 0.315. The van der Waals surface area contributed by atoms with Crippen LogP contribution in [-0.4, -0.2) is 37.0 Å². The standard InChI is InChI=1S/C46H80N2/c1-5-7-9-11-13-15-17-19-21-23-25-27-33-39-47(3)41-43-35-29-31-37-45(43)46-38-32-30-36-44(46)42-48(4)40-34-28-26-24-22-20-18-16-14-12-10-8-6-2/h29-32,35-38H,5-28,33-34,39-42H2,1-4H3. The summed E-state index contributed by atoms with van der Waals surface area (Å²) < 4.78 is 0. The lowest BCUT2D eigenvalue weighted by Crippen LogP contribution is -2.20. The highest BCUT2D eigenvalue weighted by atomic mass is 15.1. The maximum Gasteiger partial charge on any atom is 0.0236 e. The quantitative estimate of drug-likeness (QED) is 0.0703. The molecule has 2 aromatic rings. The van der Waals surface area contributed by atoms with E-state index in [-0.39, 0.29) is 0 Å². The van der Waals surface area contributed by atoms with E-state index in [0.29, 0.717) is 0 Å². The van der Waals surface area contributed by atoms with E-state index in [9.17, 15) is 0 Å². The molecule has 0 atom stereocenters. The van der Waals surface area contributed by atoms with Gasteiger partial charge < -0.3 is 9.80 Å². The number of nitrogens with zero attached hydrogens (tertiary/aromatic N) is 2. The molecule has 48 heavy (non-hydrogen) atoms. The van der Waals surface area contributed by atoms with Crippen molar-refractivity contribution in [3.63, 3.8) is 0 Å². The summed E-state index contributed by atoms with van der Waals surface area (Å²) in [6.07, 6.45) is 36.9. The van der Waals surface area contributed by atoms with Crippen LogP contribution in [0.3, 0.4) is 0 Å². The van der Waals surface area contributed by atoms with Gasteiger partial charge in [0.15, 0.2) is 0 Å². The van der Waals surface area contributed by atoms with E-state index >= 15 is 0 Å². The van der Waals surface area contributed by atoms with Gasteiger partial charge in [0, 0.05) is 13.1 Å². The Morgan fingerprint density at radius 3 is 0.875 bits per heavy atom. The van der Waals surface area contributed by atoms with E-state index in [2.05, 4.69) is 86.3 Å². The molecule has 0 radical (unpaired) electrons. The molecule has 0 fully saturated rings. The minimum Gasteiger partial charge on any atom is -0.302 e. The topological polar surface area (TPSA) is 6.48 Å². The van der Waals surface area contributed by atoms with Gasteiger partial charge in [0.25, 0.3) is 0 Å². The Kier molecular flexibility index (Phi) is 26.8. The molecule has 2 rings (SSSR count). The highest BCUT2D eigenvalue weighted by Crippen LogP contribution is 2.29. The lowest BCUT2D eigenvalue weighted by atomic mass is 9.94. The van der Waals surface area contributed by atoms with E-state index in [4.69, 9.17) is 0 Å². The van der Waals surface area contributed by atoms with Crippen molar-refractivity contribution in [1.82, 2.24) is 9.80 Å². The Hall–Kier alpha value is -1.64. The van der Waals surface area contributed by atoms with Crippen molar-refractivity contribution in [3.05, 3.63) is 59.7 Å². The van der Waals surface area contributed by atoms with Gasteiger partial charge in [0.1, 0.15) is 0 Å². The van der Waals surface area contributed by atoms with Crippen molar-refractivity contribution in [1.29, 1.82) is 0 Å². The fourth-order valence-electron chi connectivity index (χ4n) is 7.38. The van der Waals surface area contributed by atoms with Crippen molar-refractivity contribution in [2.24, 2.45) is 0 Å². The second-order valence-corrected chi connectivity index (χ2v) is 15.3. The molecule has 0 saturated heterocycles. The molecule has 0 heterocycles. The first kappa shape index (κ1) is 42.5. The van der Waals surface area contributed by atoms with E-state index in [1.165, 1.54) is 202 Å². The highest BCUT2D eigenvalue weighted by Gasteiger charge is 2.12. The number of benzene rings is 2. The largest absolute Gasteiger partial charge is 0.302 e. The zero-order valence-electron chi connectivity index (χ0n) is 32.7. The van der Waals surface area contributed by atoms with Crippen LogP contribution in [0.5, 0.6) is 0 Å². The van der Waals surface area contributed by atoms with Gasteiger partial charge in [-0.1, -0.05) is 216 Å². The molecular weight excluding hydrogens is 581 g/mol. The Morgan fingerprint density at radius 2 is 0.583 bits per heavy atom. The third-order valence-corrected chi connectivity index (χ3v) is 10.5. The zero-order chi connectivity index (χ0) is 34.3. The molecular formula is C46H80N2. The number of hydrogen-bond donors (Lipinski definition) is 0. The predicted octanol–water partition coefficient (Wildman–Crippen LogP) is 14.4. The molecule has 0 spiro atoms. The molecule has 0 saturated carbocycles. The van der Waals surface area contributed by atoms with Gasteiger partial charge in [-0.25, -0.2) is 0 Å². The summed E-state index contributed by atoms with van der Waals surface area (Å²) in [5.41, 5.74) is 5.75. The van der Waals surface area contributed by atoms with E-state index in [1.807, 2.05) is 0 Å². The van der Waals surface area contributed by atoms with Crippen molar-refractivity contribution in [2.45, 2.75) is 194 Å². The molecule has 0 aromatic heterocycles. The Morgan fingerprint density at radius 1 is 0.333 bits per heavy atom. The molecule has 0 unspecified atom stereocenters. The second kappa shape index (κ2) is 30.2. The second-order valence-electron chi connectivity index (χ2n) is 15.3. The Bertz CT molecular complexity index is 904. The average Bonchev–Trinajstić information content (AvgIpc) is 3.09. The van der Waals surface area contributed by atoms with Gasteiger partial charge in [0.05, 0.1) is 0 Å². The molecule has 0 amide bonds. The van der Waals surface area contributed by atoms with E-state index in [0.717, 1.165) is 13.1 Å². The van der Waals surface area contributed by atoms with Crippen molar-refractivity contribution >= 4 is 0 Å². The van der Waals surface area contributed by atoms with Gasteiger partial charge in [-0.15, -0.1) is 0 Å². The average molecular weight is 661 g/mol. The van der Waals surface area contributed by atoms with Crippen LogP contribution in [-0.2, 0) is 13.1 Å². The number of unbranched alkanes of at least 4 members (excludes halogenated alkanes) is 24. The summed E-state index contributed by atoms with van der Waals surface area (Å²) in [5, 5.41) is 0. The van der Waals surface area contributed by atoms with Crippen LogP contribution in [0.15, 0.2) is 48.5 Å². The van der Waals surface area contributed by atoms with Crippen LogP contribution >= 0.6 is 0 Å². The molecule has 274 valence electrons. The monoisotopic (exact) mass is 661 g/mol. The van der Waals surface area contributed by atoms with Crippen LogP contribution in [0.1, 0.15) is 192 Å². The Labute approximate surface area is 300 Å². The van der Waals surface area contributed by atoms with Crippen LogP contribution in [0.2, 0.25) is 0 Å². The first-order valence-corrected chi connectivity index (χ1v) is 21.2. The molecule has 2 aromatic carbocycles. The summed E-state index contributed by atoms with van der Waals surface area (Å²) >= 11 is 0. The summed E-state index contributed by atoms with van der Waals surface area (Å²) in [4.78, 5) is 5.08. The number of hydrogen-bond acceptors (Lipinski definition) is 2. The van der Waals surface area contributed by atoms with Gasteiger partial charge in [-0.05, 0) is 62.3 Å². The van der Waals surface area contributed by atoms with Gasteiger partial charge >= 0.3 is 0 Å². The minimum absolute atomic E-state index is 1.03.